The van der Waals surface area contributed by atoms with Crippen LogP contribution in [0.25, 0.3) is 0 Å². The molecule has 0 aliphatic heterocycles. The molecule has 0 aliphatic carbocycles. The summed E-state index contributed by atoms with van der Waals surface area (Å²) in [4.78, 5) is 0. The third kappa shape index (κ3) is 6.91. The number of ether oxygens (including phenoxy) is 3. The van der Waals surface area contributed by atoms with E-state index in [1.807, 2.05) is 11.8 Å². The largest absolute Gasteiger partial charge is 0.385 e. The molecule has 0 radical (unpaired) electrons. The fraction of sp³-hybridized carbons (Fsp3) is 1.00. The van der Waals surface area contributed by atoms with Crippen LogP contribution >= 0.6 is 11.8 Å². The molecule has 0 aromatic carbocycles. The highest BCUT2D eigenvalue weighted by molar-refractivity contribution is 7.99. The Morgan fingerprint density at radius 3 is 2.33 bits per heavy atom. The van der Waals surface area contributed by atoms with Gasteiger partial charge < -0.3 is 14.2 Å². The van der Waals surface area contributed by atoms with Gasteiger partial charge in [-0.2, -0.15) is 11.8 Å². The van der Waals surface area contributed by atoms with Crippen molar-refractivity contribution in [3.05, 3.63) is 0 Å². The van der Waals surface area contributed by atoms with Crippen molar-refractivity contribution >= 4 is 11.8 Å². The first-order valence-electron chi connectivity index (χ1n) is 3.97. The Labute approximate surface area is 78.8 Å². The van der Waals surface area contributed by atoms with E-state index in [-0.39, 0.29) is 6.29 Å². The molecule has 0 unspecified atom stereocenters. The fourth-order valence-electron chi connectivity index (χ4n) is 0.717. The van der Waals surface area contributed by atoms with Crippen LogP contribution in [0.15, 0.2) is 0 Å². The second kappa shape index (κ2) is 9.32. The highest BCUT2D eigenvalue weighted by Gasteiger charge is 2.03. The molecule has 12 heavy (non-hydrogen) atoms. The van der Waals surface area contributed by atoms with Crippen molar-refractivity contribution in [1.29, 1.82) is 0 Å². The van der Waals surface area contributed by atoms with Gasteiger partial charge in [0.15, 0.2) is 6.29 Å². The summed E-state index contributed by atoms with van der Waals surface area (Å²) in [6.07, 6.45) is 1.01. The fourth-order valence-corrected chi connectivity index (χ4v) is 1.67. The first-order chi connectivity index (χ1) is 5.85. The molecular weight excluding hydrogens is 176 g/mol. The number of rotatable bonds is 8. The lowest BCUT2D eigenvalue weighted by Crippen LogP contribution is -2.16. The zero-order chi connectivity index (χ0) is 9.23. The third-order valence-electron chi connectivity index (χ3n) is 1.42. The molecule has 0 atom stereocenters. The lowest BCUT2D eigenvalue weighted by atomic mass is 10.5. The topological polar surface area (TPSA) is 27.7 Å². The number of methoxy groups -OCH3 is 3. The minimum Gasteiger partial charge on any atom is -0.385 e. The summed E-state index contributed by atoms with van der Waals surface area (Å²) in [5.74, 6) is 1.98. The van der Waals surface area contributed by atoms with Gasteiger partial charge >= 0.3 is 0 Å². The monoisotopic (exact) mass is 194 g/mol. The van der Waals surface area contributed by atoms with Crippen molar-refractivity contribution in [2.75, 3.05) is 39.4 Å². The second-order valence-corrected chi connectivity index (χ2v) is 3.47. The van der Waals surface area contributed by atoms with E-state index in [0.29, 0.717) is 0 Å². The maximum Gasteiger partial charge on any atom is 0.165 e. The molecule has 0 aliphatic rings. The van der Waals surface area contributed by atoms with E-state index >= 15 is 0 Å². The van der Waals surface area contributed by atoms with Crippen molar-refractivity contribution in [1.82, 2.24) is 0 Å². The first kappa shape index (κ1) is 12.2. The maximum absolute atomic E-state index is 5.03. The summed E-state index contributed by atoms with van der Waals surface area (Å²) in [6, 6.07) is 0. The van der Waals surface area contributed by atoms with E-state index in [1.54, 1.807) is 21.3 Å². The third-order valence-corrected chi connectivity index (χ3v) is 2.50. The van der Waals surface area contributed by atoms with E-state index in [1.165, 1.54) is 0 Å². The normalized spacial score (nSPS) is 11.0. The molecule has 3 nitrogen and oxygen atoms in total. The van der Waals surface area contributed by atoms with E-state index in [0.717, 1.165) is 24.5 Å². The molecule has 0 N–H and O–H groups in total. The van der Waals surface area contributed by atoms with Crippen molar-refractivity contribution < 1.29 is 14.2 Å². The molecule has 0 bridgehead atoms. The van der Waals surface area contributed by atoms with Gasteiger partial charge in [-0.1, -0.05) is 0 Å². The van der Waals surface area contributed by atoms with Crippen LogP contribution in [-0.4, -0.2) is 45.7 Å². The number of thioether (sulfide) groups is 1. The smallest absolute Gasteiger partial charge is 0.165 e. The molecule has 0 saturated heterocycles. The van der Waals surface area contributed by atoms with Crippen LogP contribution in [0.2, 0.25) is 0 Å². The zero-order valence-corrected chi connectivity index (χ0v) is 8.86. The molecule has 74 valence electrons. The Balaban J connectivity index is 3.06. The van der Waals surface area contributed by atoms with Gasteiger partial charge in [0, 0.05) is 33.7 Å². The summed E-state index contributed by atoms with van der Waals surface area (Å²) < 4.78 is 15.0. The van der Waals surface area contributed by atoms with Crippen LogP contribution in [-0.2, 0) is 14.2 Å². The molecule has 0 rings (SSSR count). The van der Waals surface area contributed by atoms with Gasteiger partial charge in [0.1, 0.15) is 0 Å². The van der Waals surface area contributed by atoms with Gasteiger partial charge in [0.05, 0.1) is 0 Å². The molecule has 0 spiro atoms. The molecule has 0 aromatic rings. The summed E-state index contributed by atoms with van der Waals surface area (Å²) in [7, 11) is 5.03. The van der Waals surface area contributed by atoms with E-state index in [2.05, 4.69) is 0 Å². The summed E-state index contributed by atoms with van der Waals surface area (Å²) in [5.41, 5.74) is 0. The Morgan fingerprint density at radius 1 is 1.17 bits per heavy atom. The Bertz CT molecular complexity index is 86.4. The average Bonchev–Trinajstić information content (AvgIpc) is 2.11. The predicted molar refractivity (Wildman–Crippen MR) is 51.6 cm³/mol. The summed E-state index contributed by atoms with van der Waals surface area (Å²) in [5, 5.41) is 0. The SMILES string of the molecule is COCCCSCC(OC)OC. The van der Waals surface area contributed by atoms with E-state index < -0.39 is 0 Å². The van der Waals surface area contributed by atoms with Crippen LogP contribution in [0, 0.1) is 0 Å². The van der Waals surface area contributed by atoms with E-state index in [4.69, 9.17) is 14.2 Å². The summed E-state index contributed by atoms with van der Waals surface area (Å²) in [6.45, 7) is 0.831. The Kier molecular flexibility index (Phi) is 9.50. The highest BCUT2D eigenvalue weighted by Crippen LogP contribution is 2.07. The van der Waals surface area contributed by atoms with E-state index in [9.17, 15) is 0 Å². The van der Waals surface area contributed by atoms with Crippen molar-refractivity contribution in [2.24, 2.45) is 0 Å². The van der Waals surface area contributed by atoms with Gasteiger partial charge in [-0.25, -0.2) is 0 Å². The van der Waals surface area contributed by atoms with Crippen LogP contribution < -0.4 is 0 Å². The van der Waals surface area contributed by atoms with Gasteiger partial charge in [-0.05, 0) is 12.2 Å². The standard InChI is InChI=1S/C8H18O3S/c1-9-5-4-6-12-7-8(10-2)11-3/h8H,4-7H2,1-3H3. The van der Waals surface area contributed by atoms with Crippen LogP contribution in [0.3, 0.4) is 0 Å². The summed E-state index contributed by atoms with van der Waals surface area (Å²) >= 11 is 1.82. The van der Waals surface area contributed by atoms with Gasteiger partial charge in [0.25, 0.3) is 0 Å². The van der Waals surface area contributed by atoms with Crippen molar-refractivity contribution in [3.8, 4) is 0 Å². The molecular formula is C8H18O3S. The van der Waals surface area contributed by atoms with Gasteiger partial charge in [-0.15, -0.1) is 0 Å². The number of hydrogen-bond donors (Lipinski definition) is 0. The zero-order valence-electron chi connectivity index (χ0n) is 8.04. The molecule has 0 saturated carbocycles. The van der Waals surface area contributed by atoms with Gasteiger partial charge in [-0.3, -0.25) is 0 Å². The Hall–Kier alpha value is 0.230. The number of hydrogen-bond acceptors (Lipinski definition) is 4. The molecule has 0 amide bonds. The molecule has 0 heterocycles. The average molecular weight is 194 g/mol. The lowest BCUT2D eigenvalue weighted by molar-refractivity contribution is -0.0842. The first-order valence-corrected chi connectivity index (χ1v) is 5.13. The van der Waals surface area contributed by atoms with Crippen molar-refractivity contribution in [3.63, 3.8) is 0 Å². The van der Waals surface area contributed by atoms with Crippen LogP contribution in [0.5, 0.6) is 0 Å². The Morgan fingerprint density at radius 2 is 1.83 bits per heavy atom. The molecule has 4 heteroatoms. The van der Waals surface area contributed by atoms with Gasteiger partial charge in [0.2, 0.25) is 0 Å². The molecule has 0 fully saturated rings. The quantitative estimate of drug-likeness (QED) is 0.431. The minimum atomic E-state index is -0.0717. The maximum atomic E-state index is 5.03. The van der Waals surface area contributed by atoms with Crippen LogP contribution in [0.1, 0.15) is 6.42 Å². The second-order valence-electron chi connectivity index (χ2n) is 2.32. The van der Waals surface area contributed by atoms with Crippen LogP contribution in [0.4, 0.5) is 0 Å². The predicted octanol–water partition coefficient (Wildman–Crippen LogP) is 1.38. The lowest BCUT2D eigenvalue weighted by Gasteiger charge is -2.12. The van der Waals surface area contributed by atoms with Crippen molar-refractivity contribution in [2.45, 2.75) is 12.7 Å². The highest BCUT2D eigenvalue weighted by atomic mass is 32.2. The molecule has 0 aromatic heterocycles. The minimum absolute atomic E-state index is 0.0717.